The number of carbonyl (C=O) groups excluding carboxylic acids is 4. The van der Waals surface area contributed by atoms with Crippen molar-refractivity contribution in [3.05, 3.63) is 29.3 Å². The molecule has 9 heteroatoms. The molecule has 0 spiro atoms. The molecule has 1 aliphatic heterocycles. The number of esters is 1. The van der Waals surface area contributed by atoms with Gasteiger partial charge in [0.1, 0.15) is 0 Å². The summed E-state index contributed by atoms with van der Waals surface area (Å²) < 4.78 is 5.12. The zero-order chi connectivity index (χ0) is 23.9. The molecule has 0 radical (unpaired) electrons. The van der Waals surface area contributed by atoms with Gasteiger partial charge in [0.2, 0.25) is 11.8 Å². The van der Waals surface area contributed by atoms with Crippen molar-refractivity contribution in [2.24, 2.45) is 23.7 Å². The summed E-state index contributed by atoms with van der Waals surface area (Å²) in [5.74, 6) is -1.71. The van der Waals surface area contributed by atoms with Crippen molar-refractivity contribution in [3.8, 4) is 0 Å². The number of carbonyl (C=O) groups is 4. The lowest BCUT2D eigenvalue weighted by Gasteiger charge is -2.28. The van der Waals surface area contributed by atoms with Gasteiger partial charge < -0.3 is 10.1 Å². The first-order valence-electron chi connectivity index (χ1n) is 11.5. The average molecular weight is 584 g/mol. The van der Waals surface area contributed by atoms with Crippen molar-refractivity contribution in [1.29, 1.82) is 0 Å². The monoisotopic (exact) mass is 582 g/mol. The van der Waals surface area contributed by atoms with Gasteiger partial charge in [0.25, 0.3) is 5.91 Å². The van der Waals surface area contributed by atoms with Gasteiger partial charge in [-0.1, -0.05) is 63.9 Å². The highest BCUT2D eigenvalue weighted by Gasteiger charge is 2.66. The number of anilines is 1. The van der Waals surface area contributed by atoms with Crippen LogP contribution in [0.4, 0.5) is 5.69 Å². The normalized spacial score (nSPS) is 30.0. The van der Waals surface area contributed by atoms with E-state index < -0.39 is 18.5 Å². The summed E-state index contributed by atoms with van der Waals surface area (Å²) in [4.78, 5) is 52.0. The third kappa shape index (κ3) is 4.38. The number of ether oxygens (including phenoxy) is 1. The zero-order valence-electron chi connectivity index (χ0n) is 18.7. The van der Waals surface area contributed by atoms with E-state index in [1.807, 2.05) is 32.0 Å². The van der Waals surface area contributed by atoms with E-state index in [0.717, 1.165) is 36.1 Å². The predicted molar refractivity (Wildman–Crippen MR) is 130 cm³/mol. The molecule has 1 N–H and O–H groups in total. The first-order valence-corrected chi connectivity index (χ1v) is 13.3. The van der Waals surface area contributed by atoms with Crippen LogP contribution < -0.4 is 5.32 Å². The molecule has 4 rings (SSSR count). The second kappa shape index (κ2) is 9.86. The van der Waals surface area contributed by atoms with Crippen LogP contribution in [0.2, 0.25) is 0 Å². The van der Waals surface area contributed by atoms with E-state index in [-0.39, 0.29) is 58.1 Å². The molecule has 0 aromatic heterocycles. The van der Waals surface area contributed by atoms with Crippen molar-refractivity contribution in [1.82, 2.24) is 4.90 Å². The molecule has 2 saturated carbocycles. The van der Waals surface area contributed by atoms with Crippen molar-refractivity contribution in [2.45, 2.75) is 49.2 Å². The number of alkyl halides is 2. The quantitative estimate of drug-likeness (QED) is 0.287. The molecule has 1 aromatic carbocycles. The average Bonchev–Trinajstić information content (AvgIpc) is 3.41. The maximum absolute atomic E-state index is 12.9. The number of hydrogen-bond acceptors (Lipinski definition) is 5. The lowest BCUT2D eigenvalue weighted by atomic mass is 9.81. The molecule has 178 valence electrons. The summed E-state index contributed by atoms with van der Waals surface area (Å²) in [7, 11) is 0. The van der Waals surface area contributed by atoms with E-state index in [2.05, 4.69) is 37.2 Å². The number of hydrogen-bond donors (Lipinski definition) is 1. The number of fused-ring (bicyclic) bond motifs is 5. The Morgan fingerprint density at radius 1 is 1.03 bits per heavy atom. The van der Waals surface area contributed by atoms with Gasteiger partial charge in [-0.15, -0.1) is 0 Å². The van der Waals surface area contributed by atoms with Crippen LogP contribution in [0.5, 0.6) is 0 Å². The van der Waals surface area contributed by atoms with Crippen LogP contribution in [0.15, 0.2) is 18.2 Å². The van der Waals surface area contributed by atoms with Crippen LogP contribution in [0.25, 0.3) is 0 Å². The van der Waals surface area contributed by atoms with Crippen LogP contribution in [-0.4, -0.2) is 51.4 Å². The SMILES string of the molecule is CCc1cccc(CC)c1NC(=O)COC(=O)CCN1C(=O)[C@@H]2[C@H]3C[C@@H]([C@H](Br)[C@H]3Br)[C@H]2C1=O. The number of amides is 3. The fraction of sp³-hybridized carbons (Fsp3) is 0.583. The van der Waals surface area contributed by atoms with Gasteiger partial charge in [-0.05, 0) is 42.2 Å². The summed E-state index contributed by atoms with van der Waals surface area (Å²) in [6.07, 6.45) is 2.29. The highest BCUT2D eigenvalue weighted by atomic mass is 79.9. The Morgan fingerprint density at radius 3 is 2.09 bits per heavy atom. The lowest BCUT2D eigenvalue weighted by Crippen LogP contribution is -2.37. The van der Waals surface area contributed by atoms with Crippen molar-refractivity contribution >= 4 is 61.2 Å². The number of halogens is 2. The van der Waals surface area contributed by atoms with Crippen LogP contribution in [-0.2, 0) is 36.8 Å². The molecule has 7 nitrogen and oxygen atoms in total. The van der Waals surface area contributed by atoms with Gasteiger partial charge in [-0.25, -0.2) is 0 Å². The zero-order valence-corrected chi connectivity index (χ0v) is 21.9. The third-order valence-corrected chi connectivity index (χ3v) is 10.5. The second-order valence-corrected chi connectivity index (χ2v) is 11.1. The molecule has 1 saturated heterocycles. The molecule has 3 amide bonds. The number of rotatable bonds is 8. The Morgan fingerprint density at radius 2 is 1.58 bits per heavy atom. The molecule has 6 atom stereocenters. The minimum Gasteiger partial charge on any atom is -0.456 e. The Bertz CT molecular complexity index is 929. The lowest BCUT2D eigenvalue weighted by molar-refractivity contribution is -0.149. The molecule has 33 heavy (non-hydrogen) atoms. The van der Waals surface area contributed by atoms with Gasteiger partial charge in [-0.2, -0.15) is 0 Å². The Kier molecular flexibility index (Phi) is 7.29. The minimum atomic E-state index is -0.609. The number of benzene rings is 1. The Hall–Kier alpha value is -1.74. The van der Waals surface area contributed by atoms with E-state index in [1.165, 1.54) is 4.90 Å². The molecule has 3 aliphatic rings. The number of nitrogens with zero attached hydrogens (tertiary/aromatic N) is 1. The van der Waals surface area contributed by atoms with Crippen molar-refractivity contribution in [3.63, 3.8) is 0 Å². The number of nitrogens with one attached hydrogen (secondary N) is 1. The molecule has 1 aromatic rings. The molecular weight excluding hydrogens is 556 g/mol. The second-order valence-electron chi connectivity index (χ2n) is 8.95. The van der Waals surface area contributed by atoms with Gasteiger partial charge in [-0.3, -0.25) is 24.1 Å². The van der Waals surface area contributed by atoms with E-state index in [4.69, 9.17) is 4.74 Å². The van der Waals surface area contributed by atoms with Crippen LogP contribution in [0, 0.1) is 23.7 Å². The first kappa shape index (κ1) is 24.4. The fourth-order valence-electron chi connectivity index (χ4n) is 5.63. The fourth-order valence-corrected chi connectivity index (χ4v) is 7.50. The molecule has 0 unspecified atom stereocenters. The highest BCUT2D eigenvalue weighted by Crippen LogP contribution is 2.60. The highest BCUT2D eigenvalue weighted by molar-refractivity contribution is 9.12. The largest absolute Gasteiger partial charge is 0.456 e. The van der Waals surface area contributed by atoms with Crippen LogP contribution in [0.3, 0.4) is 0 Å². The summed E-state index contributed by atoms with van der Waals surface area (Å²) in [5.41, 5.74) is 2.82. The van der Waals surface area contributed by atoms with Gasteiger partial charge in [0.15, 0.2) is 6.61 Å². The van der Waals surface area contributed by atoms with Crippen molar-refractivity contribution < 1.29 is 23.9 Å². The van der Waals surface area contributed by atoms with Gasteiger partial charge in [0, 0.05) is 21.9 Å². The van der Waals surface area contributed by atoms with Crippen molar-refractivity contribution in [2.75, 3.05) is 18.5 Å². The van der Waals surface area contributed by atoms with Gasteiger partial charge >= 0.3 is 5.97 Å². The summed E-state index contributed by atoms with van der Waals surface area (Å²) >= 11 is 7.32. The maximum atomic E-state index is 12.9. The van der Waals surface area contributed by atoms with E-state index in [1.54, 1.807) is 0 Å². The smallest absolute Gasteiger partial charge is 0.308 e. The molecule has 1 heterocycles. The molecule has 2 aliphatic carbocycles. The topological polar surface area (TPSA) is 92.8 Å². The number of para-hydroxylation sites is 1. The van der Waals surface area contributed by atoms with E-state index in [9.17, 15) is 19.2 Å². The minimum absolute atomic E-state index is 0.0108. The van der Waals surface area contributed by atoms with E-state index in [0.29, 0.717) is 0 Å². The number of likely N-dealkylation sites (tertiary alicyclic amines) is 1. The number of aryl methyl sites for hydroxylation is 2. The standard InChI is InChI=1S/C24H28Br2N2O5/c1-3-12-6-5-7-13(4-2)22(12)27-16(29)11-33-17(30)8-9-28-23(31)18-14-10-15(19(18)24(28)32)21(26)20(14)25/h5-7,14-15,18-21H,3-4,8-11H2,1-2H3,(H,27,29)/t14-,15-,18-,19-,20+,21+/m1/s1. The van der Waals surface area contributed by atoms with Gasteiger partial charge in [0.05, 0.1) is 18.3 Å². The Labute approximate surface area is 210 Å². The molecule has 3 fully saturated rings. The van der Waals surface area contributed by atoms with Crippen LogP contribution >= 0.6 is 31.9 Å². The van der Waals surface area contributed by atoms with Crippen LogP contribution in [0.1, 0.15) is 37.8 Å². The third-order valence-electron chi connectivity index (χ3n) is 7.25. The first-order chi connectivity index (χ1) is 15.8. The summed E-state index contributed by atoms with van der Waals surface area (Å²) in [6.45, 7) is 3.61. The molecular formula is C24H28Br2N2O5. The summed E-state index contributed by atoms with van der Waals surface area (Å²) in [5, 5.41) is 2.86. The Balaban J connectivity index is 1.28. The molecule has 2 bridgehead atoms. The predicted octanol–water partition coefficient (Wildman–Crippen LogP) is 3.46. The number of imide groups is 1. The van der Waals surface area contributed by atoms with E-state index >= 15 is 0 Å². The maximum Gasteiger partial charge on any atom is 0.308 e. The summed E-state index contributed by atoms with van der Waals surface area (Å²) in [6, 6.07) is 5.88.